The maximum absolute atomic E-state index is 12.4. The summed E-state index contributed by atoms with van der Waals surface area (Å²) in [6, 6.07) is 13.5. The second-order valence-corrected chi connectivity index (χ2v) is 6.25. The first kappa shape index (κ1) is 16.6. The standard InChI is InChI=1S/C18H20BrNO2/c1-4-17(22-16-9-12(2)8-13(3)10-16)18(21)20-15-7-5-6-14(19)11-15/h5-11,17H,4H2,1-3H3,(H,20,21)/t17-/m1/s1. The zero-order chi connectivity index (χ0) is 16.1. The number of halogens is 1. The summed E-state index contributed by atoms with van der Waals surface area (Å²) in [5.41, 5.74) is 3.00. The van der Waals surface area contributed by atoms with E-state index >= 15 is 0 Å². The molecule has 0 saturated carbocycles. The molecule has 0 fully saturated rings. The van der Waals surface area contributed by atoms with Crippen molar-refractivity contribution < 1.29 is 9.53 Å². The normalized spacial score (nSPS) is 11.8. The highest BCUT2D eigenvalue weighted by atomic mass is 79.9. The molecule has 3 nitrogen and oxygen atoms in total. The second-order valence-electron chi connectivity index (χ2n) is 5.34. The first-order valence-corrected chi connectivity index (χ1v) is 8.08. The Morgan fingerprint density at radius 1 is 1.18 bits per heavy atom. The van der Waals surface area contributed by atoms with Crippen LogP contribution in [0.25, 0.3) is 0 Å². The number of benzene rings is 2. The molecule has 0 heterocycles. The number of hydrogen-bond donors (Lipinski definition) is 1. The van der Waals surface area contributed by atoms with Crippen LogP contribution in [-0.4, -0.2) is 12.0 Å². The van der Waals surface area contributed by atoms with Crippen LogP contribution in [0.2, 0.25) is 0 Å². The number of nitrogens with one attached hydrogen (secondary N) is 1. The molecule has 2 rings (SSSR count). The van der Waals surface area contributed by atoms with Gasteiger partial charge in [-0.15, -0.1) is 0 Å². The molecule has 0 spiro atoms. The van der Waals surface area contributed by atoms with Gasteiger partial charge in [-0.05, 0) is 61.7 Å². The van der Waals surface area contributed by atoms with Crippen LogP contribution in [-0.2, 0) is 4.79 Å². The lowest BCUT2D eigenvalue weighted by molar-refractivity contribution is -0.122. The molecule has 0 saturated heterocycles. The fourth-order valence-corrected chi connectivity index (χ4v) is 2.68. The van der Waals surface area contributed by atoms with Crippen molar-refractivity contribution in [3.63, 3.8) is 0 Å². The van der Waals surface area contributed by atoms with Crippen molar-refractivity contribution >= 4 is 27.5 Å². The van der Waals surface area contributed by atoms with Gasteiger partial charge in [-0.1, -0.05) is 35.0 Å². The second kappa shape index (κ2) is 7.45. The van der Waals surface area contributed by atoms with Crippen molar-refractivity contribution in [3.8, 4) is 5.75 Å². The molecule has 0 aromatic heterocycles. The zero-order valence-corrected chi connectivity index (χ0v) is 14.6. The number of aryl methyl sites for hydroxylation is 2. The quantitative estimate of drug-likeness (QED) is 0.825. The van der Waals surface area contributed by atoms with Crippen molar-refractivity contribution in [2.24, 2.45) is 0 Å². The summed E-state index contributed by atoms with van der Waals surface area (Å²) >= 11 is 3.39. The van der Waals surface area contributed by atoms with Crippen LogP contribution in [0.4, 0.5) is 5.69 Å². The minimum Gasteiger partial charge on any atom is -0.481 e. The van der Waals surface area contributed by atoms with E-state index in [9.17, 15) is 4.79 Å². The van der Waals surface area contributed by atoms with E-state index in [2.05, 4.69) is 27.3 Å². The zero-order valence-electron chi connectivity index (χ0n) is 13.0. The van der Waals surface area contributed by atoms with Gasteiger partial charge in [0.25, 0.3) is 5.91 Å². The summed E-state index contributed by atoms with van der Waals surface area (Å²) in [5.74, 6) is 0.591. The monoisotopic (exact) mass is 361 g/mol. The van der Waals surface area contributed by atoms with E-state index in [4.69, 9.17) is 4.74 Å². The lowest BCUT2D eigenvalue weighted by Crippen LogP contribution is -2.32. The Morgan fingerprint density at radius 3 is 2.45 bits per heavy atom. The number of carbonyl (C=O) groups is 1. The Balaban J connectivity index is 2.08. The van der Waals surface area contributed by atoms with E-state index in [0.717, 1.165) is 27.0 Å². The van der Waals surface area contributed by atoms with Crippen LogP contribution < -0.4 is 10.1 Å². The van der Waals surface area contributed by atoms with E-state index in [-0.39, 0.29) is 5.91 Å². The Labute approximate surface area is 139 Å². The molecule has 0 bridgehead atoms. The minimum absolute atomic E-state index is 0.139. The van der Waals surface area contributed by atoms with Crippen LogP contribution in [0.15, 0.2) is 46.9 Å². The first-order chi connectivity index (χ1) is 10.5. The van der Waals surface area contributed by atoms with E-state index in [1.807, 2.05) is 57.2 Å². The smallest absolute Gasteiger partial charge is 0.265 e. The predicted octanol–water partition coefficient (Wildman–Crippen LogP) is 4.86. The van der Waals surface area contributed by atoms with Gasteiger partial charge in [0, 0.05) is 10.2 Å². The molecule has 0 radical (unpaired) electrons. The van der Waals surface area contributed by atoms with Gasteiger partial charge in [0.15, 0.2) is 6.10 Å². The molecule has 1 N–H and O–H groups in total. The summed E-state index contributed by atoms with van der Waals surface area (Å²) in [7, 11) is 0. The van der Waals surface area contributed by atoms with Gasteiger partial charge in [-0.3, -0.25) is 4.79 Å². The number of rotatable bonds is 5. The average molecular weight is 362 g/mol. The molecule has 1 atom stereocenters. The van der Waals surface area contributed by atoms with E-state index in [1.54, 1.807) is 0 Å². The molecule has 116 valence electrons. The highest BCUT2D eigenvalue weighted by Gasteiger charge is 2.18. The molecule has 0 aliphatic carbocycles. The maximum Gasteiger partial charge on any atom is 0.265 e. The van der Waals surface area contributed by atoms with E-state index < -0.39 is 6.10 Å². The fraction of sp³-hybridized carbons (Fsp3) is 0.278. The minimum atomic E-state index is -0.514. The number of hydrogen-bond acceptors (Lipinski definition) is 2. The topological polar surface area (TPSA) is 38.3 Å². The molecular weight excluding hydrogens is 342 g/mol. The van der Waals surface area contributed by atoms with Gasteiger partial charge < -0.3 is 10.1 Å². The summed E-state index contributed by atoms with van der Waals surface area (Å²) in [5, 5.41) is 2.89. The van der Waals surface area contributed by atoms with Crippen LogP contribution in [0.1, 0.15) is 24.5 Å². The molecule has 4 heteroatoms. The number of anilines is 1. The Bertz CT molecular complexity index is 650. The van der Waals surface area contributed by atoms with Crippen molar-refractivity contribution in [2.45, 2.75) is 33.3 Å². The number of ether oxygens (including phenoxy) is 1. The largest absolute Gasteiger partial charge is 0.481 e. The van der Waals surface area contributed by atoms with Crippen molar-refractivity contribution in [1.82, 2.24) is 0 Å². The van der Waals surface area contributed by atoms with E-state index in [1.165, 1.54) is 0 Å². The van der Waals surface area contributed by atoms with Gasteiger partial charge in [-0.25, -0.2) is 0 Å². The third-order valence-corrected chi connectivity index (χ3v) is 3.72. The third-order valence-electron chi connectivity index (χ3n) is 3.23. The van der Waals surface area contributed by atoms with Gasteiger partial charge >= 0.3 is 0 Å². The Morgan fingerprint density at radius 2 is 1.86 bits per heavy atom. The summed E-state index contributed by atoms with van der Waals surface area (Å²) < 4.78 is 6.79. The molecule has 0 unspecified atom stereocenters. The van der Waals surface area contributed by atoms with Crippen LogP contribution in [0, 0.1) is 13.8 Å². The van der Waals surface area contributed by atoms with Gasteiger partial charge in [0.1, 0.15) is 5.75 Å². The van der Waals surface area contributed by atoms with Crippen LogP contribution >= 0.6 is 15.9 Å². The molecule has 2 aromatic rings. The summed E-state index contributed by atoms with van der Waals surface area (Å²) in [6.45, 7) is 5.97. The van der Waals surface area contributed by atoms with Gasteiger partial charge in [0.05, 0.1) is 0 Å². The lowest BCUT2D eigenvalue weighted by atomic mass is 10.1. The SMILES string of the molecule is CC[C@@H](Oc1cc(C)cc(C)c1)C(=O)Nc1cccc(Br)c1. The number of amides is 1. The fourth-order valence-electron chi connectivity index (χ4n) is 2.28. The van der Waals surface area contributed by atoms with Crippen molar-refractivity contribution in [3.05, 3.63) is 58.1 Å². The highest BCUT2D eigenvalue weighted by Crippen LogP contribution is 2.20. The predicted molar refractivity (Wildman–Crippen MR) is 93.4 cm³/mol. The van der Waals surface area contributed by atoms with Gasteiger partial charge in [-0.2, -0.15) is 0 Å². The van der Waals surface area contributed by atoms with Crippen molar-refractivity contribution in [1.29, 1.82) is 0 Å². The summed E-state index contributed by atoms with van der Waals surface area (Å²) in [6.07, 6.45) is 0.0903. The highest BCUT2D eigenvalue weighted by molar-refractivity contribution is 9.10. The van der Waals surface area contributed by atoms with Crippen LogP contribution in [0.5, 0.6) is 5.75 Å². The van der Waals surface area contributed by atoms with Crippen LogP contribution in [0.3, 0.4) is 0 Å². The molecule has 1 amide bonds. The molecular formula is C18H20BrNO2. The Hall–Kier alpha value is -1.81. The average Bonchev–Trinajstić information content (AvgIpc) is 2.43. The molecule has 22 heavy (non-hydrogen) atoms. The molecule has 0 aliphatic rings. The Kier molecular flexibility index (Phi) is 5.61. The first-order valence-electron chi connectivity index (χ1n) is 7.29. The van der Waals surface area contributed by atoms with Crippen molar-refractivity contribution in [2.75, 3.05) is 5.32 Å². The summed E-state index contributed by atoms with van der Waals surface area (Å²) in [4.78, 5) is 12.4. The number of carbonyl (C=O) groups excluding carboxylic acids is 1. The van der Waals surface area contributed by atoms with E-state index in [0.29, 0.717) is 6.42 Å². The maximum atomic E-state index is 12.4. The third kappa shape index (κ3) is 4.60. The van der Waals surface area contributed by atoms with Gasteiger partial charge in [0.2, 0.25) is 0 Å². The molecule has 0 aliphatic heterocycles. The lowest BCUT2D eigenvalue weighted by Gasteiger charge is -2.18. The molecule has 2 aromatic carbocycles.